The van der Waals surface area contributed by atoms with Crippen LogP contribution in [0.2, 0.25) is 0 Å². The minimum absolute atomic E-state index is 0.0353. The van der Waals surface area contributed by atoms with Crippen LogP contribution in [0.1, 0.15) is 36.2 Å². The van der Waals surface area contributed by atoms with Crippen LogP contribution in [-0.2, 0) is 21.8 Å². The first-order valence-electron chi connectivity index (χ1n) is 8.18. The Hall–Kier alpha value is -1.45. The molecule has 2 atom stereocenters. The summed E-state index contributed by atoms with van der Waals surface area (Å²) in [6.07, 6.45) is 6.12. The number of carbonyl (C=O) groups excluding carboxylic acids is 1. The van der Waals surface area contributed by atoms with E-state index in [1.54, 1.807) is 24.0 Å². The molecule has 24 heavy (non-hydrogen) atoms. The van der Waals surface area contributed by atoms with Crippen LogP contribution in [0.15, 0.2) is 12.3 Å². The van der Waals surface area contributed by atoms with Gasteiger partial charge in [0.1, 0.15) is 5.69 Å². The zero-order valence-corrected chi connectivity index (χ0v) is 14.9. The first kappa shape index (κ1) is 17.4. The molecule has 0 aromatic carbocycles. The Morgan fingerprint density at radius 1 is 1.50 bits per heavy atom. The summed E-state index contributed by atoms with van der Waals surface area (Å²) in [4.78, 5) is 14.4. The van der Waals surface area contributed by atoms with E-state index in [1.165, 1.54) is 0 Å². The number of amides is 1. The summed E-state index contributed by atoms with van der Waals surface area (Å²) < 4.78 is 32.8. The number of sulfonamides is 1. The molecule has 3 heterocycles. The van der Waals surface area contributed by atoms with Crippen LogP contribution in [0.4, 0.5) is 0 Å². The van der Waals surface area contributed by atoms with Gasteiger partial charge in [0, 0.05) is 26.3 Å². The van der Waals surface area contributed by atoms with Gasteiger partial charge in [-0.25, -0.2) is 13.1 Å². The predicted octanol–water partition coefficient (Wildman–Crippen LogP) is 0.123. The summed E-state index contributed by atoms with van der Waals surface area (Å²) in [6, 6.07) is 1.72. The summed E-state index contributed by atoms with van der Waals surface area (Å²) in [5, 5.41) is 4.05. The fraction of sp³-hybridized carbons (Fsp3) is 0.733. The number of ether oxygens (including phenoxy) is 1. The third-order valence-electron chi connectivity index (χ3n) is 4.79. The number of aryl methyl sites for hydroxylation is 1. The predicted molar refractivity (Wildman–Crippen MR) is 88.0 cm³/mol. The molecule has 0 saturated carbocycles. The lowest BCUT2D eigenvalue weighted by molar-refractivity contribution is -0.116. The Morgan fingerprint density at radius 2 is 2.29 bits per heavy atom. The van der Waals surface area contributed by atoms with Crippen molar-refractivity contribution >= 4 is 15.9 Å². The maximum Gasteiger partial charge on any atom is 0.272 e. The molecule has 2 aliphatic heterocycles. The van der Waals surface area contributed by atoms with E-state index in [0.717, 1.165) is 31.9 Å². The van der Waals surface area contributed by atoms with Gasteiger partial charge in [0.15, 0.2) is 0 Å². The van der Waals surface area contributed by atoms with Crippen molar-refractivity contribution in [3.63, 3.8) is 0 Å². The maximum atomic E-state index is 12.6. The molecule has 1 aromatic heterocycles. The number of likely N-dealkylation sites (tertiary alicyclic amines) is 1. The van der Waals surface area contributed by atoms with E-state index in [1.807, 2.05) is 4.90 Å². The third-order valence-corrected chi connectivity index (χ3v) is 5.48. The molecule has 0 aliphatic carbocycles. The van der Waals surface area contributed by atoms with E-state index < -0.39 is 10.0 Å². The van der Waals surface area contributed by atoms with Gasteiger partial charge in [0.2, 0.25) is 10.0 Å². The zero-order valence-electron chi connectivity index (χ0n) is 14.1. The summed E-state index contributed by atoms with van der Waals surface area (Å²) in [5.74, 6) is -0.0353. The van der Waals surface area contributed by atoms with Crippen molar-refractivity contribution in [3.05, 3.63) is 18.0 Å². The fourth-order valence-electron chi connectivity index (χ4n) is 3.58. The SMILES string of the molecule is Cn1nccc1C(=O)N1CC[C@@]2(CCC[C@H](CNS(C)(=O)=O)O2)C1. The van der Waals surface area contributed by atoms with Gasteiger partial charge in [0.05, 0.1) is 24.5 Å². The van der Waals surface area contributed by atoms with Crippen LogP contribution in [0.5, 0.6) is 0 Å². The summed E-state index contributed by atoms with van der Waals surface area (Å²) in [6.45, 7) is 1.49. The van der Waals surface area contributed by atoms with E-state index >= 15 is 0 Å². The standard InChI is InChI=1S/C15H24N4O4S/c1-18-13(5-8-16-18)14(20)19-9-7-15(11-19)6-3-4-12(23-15)10-17-24(2,21)22/h5,8,12,17H,3-4,6-7,9-11H2,1-2H3/t12-,15+/m1/s1. The van der Waals surface area contributed by atoms with Gasteiger partial charge < -0.3 is 9.64 Å². The van der Waals surface area contributed by atoms with Gasteiger partial charge in [-0.3, -0.25) is 9.48 Å². The summed E-state index contributed by atoms with van der Waals surface area (Å²) in [7, 11) is -1.47. The van der Waals surface area contributed by atoms with Crippen LogP contribution < -0.4 is 4.72 Å². The van der Waals surface area contributed by atoms with Crippen molar-refractivity contribution in [2.75, 3.05) is 25.9 Å². The first-order valence-corrected chi connectivity index (χ1v) is 10.1. The van der Waals surface area contributed by atoms with Crippen LogP contribution in [0, 0.1) is 0 Å². The number of carbonyl (C=O) groups is 1. The van der Waals surface area contributed by atoms with Crippen LogP contribution >= 0.6 is 0 Å². The molecular formula is C15H24N4O4S. The van der Waals surface area contributed by atoms with E-state index in [9.17, 15) is 13.2 Å². The molecule has 1 aromatic rings. The molecule has 134 valence electrons. The van der Waals surface area contributed by atoms with Gasteiger partial charge in [-0.05, 0) is 31.7 Å². The number of nitrogens with zero attached hydrogens (tertiary/aromatic N) is 3. The Labute approximate surface area is 142 Å². The molecule has 0 unspecified atom stereocenters. The van der Waals surface area contributed by atoms with Crippen molar-refractivity contribution in [2.45, 2.75) is 37.4 Å². The summed E-state index contributed by atoms with van der Waals surface area (Å²) in [5.41, 5.74) is 0.217. The fourth-order valence-corrected chi connectivity index (χ4v) is 4.06. The molecule has 8 nitrogen and oxygen atoms in total. The van der Waals surface area contributed by atoms with Gasteiger partial charge >= 0.3 is 0 Å². The second kappa shape index (κ2) is 6.45. The van der Waals surface area contributed by atoms with Crippen molar-refractivity contribution in [2.24, 2.45) is 7.05 Å². The van der Waals surface area contributed by atoms with E-state index in [-0.39, 0.29) is 24.2 Å². The van der Waals surface area contributed by atoms with Crippen LogP contribution in [-0.4, -0.2) is 66.6 Å². The quantitative estimate of drug-likeness (QED) is 0.827. The smallest absolute Gasteiger partial charge is 0.272 e. The molecule has 1 N–H and O–H groups in total. The highest BCUT2D eigenvalue weighted by atomic mass is 32.2. The number of nitrogens with one attached hydrogen (secondary N) is 1. The molecule has 2 aliphatic rings. The average Bonchev–Trinajstić information content (AvgIpc) is 3.11. The second-order valence-electron chi connectivity index (χ2n) is 6.75. The first-order chi connectivity index (χ1) is 11.3. The van der Waals surface area contributed by atoms with E-state index in [4.69, 9.17) is 4.74 Å². The number of aromatic nitrogens is 2. The van der Waals surface area contributed by atoms with Crippen LogP contribution in [0.3, 0.4) is 0 Å². The molecular weight excluding hydrogens is 332 g/mol. The maximum absolute atomic E-state index is 12.6. The average molecular weight is 356 g/mol. The Morgan fingerprint density at radius 3 is 2.96 bits per heavy atom. The van der Waals surface area contributed by atoms with E-state index in [0.29, 0.717) is 18.8 Å². The third kappa shape index (κ3) is 3.79. The molecule has 0 bridgehead atoms. The van der Waals surface area contributed by atoms with Gasteiger partial charge in [0.25, 0.3) is 5.91 Å². The van der Waals surface area contributed by atoms with Crippen LogP contribution in [0.25, 0.3) is 0 Å². The highest BCUT2D eigenvalue weighted by molar-refractivity contribution is 7.88. The lowest BCUT2D eigenvalue weighted by atomic mass is 9.90. The molecule has 1 amide bonds. The number of hydrogen-bond acceptors (Lipinski definition) is 5. The molecule has 0 radical (unpaired) electrons. The van der Waals surface area contributed by atoms with Gasteiger partial charge in [-0.2, -0.15) is 5.10 Å². The summed E-state index contributed by atoms with van der Waals surface area (Å²) >= 11 is 0. The lowest BCUT2D eigenvalue weighted by Crippen LogP contribution is -2.47. The topological polar surface area (TPSA) is 93.5 Å². The Bertz CT molecular complexity index is 717. The molecule has 2 saturated heterocycles. The molecule has 2 fully saturated rings. The Balaban J connectivity index is 1.63. The minimum Gasteiger partial charge on any atom is -0.368 e. The van der Waals surface area contributed by atoms with Gasteiger partial charge in [-0.15, -0.1) is 0 Å². The van der Waals surface area contributed by atoms with Crippen molar-refractivity contribution in [1.29, 1.82) is 0 Å². The zero-order chi connectivity index (χ0) is 17.4. The molecule has 3 rings (SSSR count). The molecule has 9 heteroatoms. The minimum atomic E-state index is -3.22. The molecule has 1 spiro atoms. The monoisotopic (exact) mass is 356 g/mol. The normalized spacial score (nSPS) is 27.8. The van der Waals surface area contributed by atoms with Crippen molar-refractivity contribution in [1.82, 2.24) is 19.4 Å². The number of hydrogen-bond donors (Lipinski definition) is 1. The van der Waals surface area contributed by atoms with Gasteiger partial charge in [-0.1, -0.05) is 0 Å². The largest absolute Gasteiger partial charge is 0.368 e. The second-order valence-corrected chi connectivity index (χ2v) is 8.59. The van der Waals surface area contributed by atoms with Crippen molar-refractivity contribution in [3.8, 4) is 0 Å². The van der Waals surface area contributed by atoms with Crippen molar-refractivity contribution < 1.29 is 17.9 Å². The lowest BCUT2D eigenvalue weighted by Gasteiger charge is -2.38. The highest BCUT2D eigenvalue weighted by Gasteiger charge is 2.44. The van der Waals surface area contributed by atoms with E-state index in [2.05, 4.69) is 9.82 Å². The Kier molecular flexibility index (Phi) is 4.67. The number of rotatable bonds is 4. The highest BCUT2D eigenvalue weighted by Crippen LogP contribution is 2.37.